The first kappa shape index (κ1) is 16.7. The second-order valence-electron chi connectivity index (χ2n) is 4.95. The van der Waals surface area contributed by atoms with E-state index in [1.165, 1.54) is 23.5 Å². The zero-order chi connectivity index (χ0) is 16.6. The van der Waals surface area contributed by atoms with Crippen LogP contribution < -0.4 is 0 Å². The predicted octanol–water partition coefficient (Wildman–Crippen LogP) is 5.31. The van der Waals surface area contributed by atoms with Gasteiger partial charge in [0.05, 0.1) is 14.8 Å². The van der Waals surface area contributed by atoms with Gasteiger partial charge in [0, 0.05) is 12.3 Å². The highest BCUT2D eigenvalue weighted by Crippen LogP contribution is 2.40. The standard InChI is InChI=1S/C15H11ClF3NOS2/c16-12-6-5-11(23-12)13(21)20-7-8-22-14(20)9-1-3-10(4-2-9)15(17,18)19/h1-6,14H,7-8H2/t14-/m0/s1. The van der Waals surface area contributed by atoms with E-state index < -0.39 is 11.7 Å². The van der Waals surface area contributed by atoms with Gasteiger partial charge < -0.3 is 4.90 Å². The Morgan fingerprint density at radius 1 is 1.17 bits per heavy atom. The summed E-state index contributed by atoms with van der Waals surface area (Å²) in [5.41, 5.74) is 0.00339. The Morgan fingerprint density at radius 2 is 1.87 bits per heavy atom. The van der Waals surface area contributed by atoms with Gasteiger partial charge >= 0.3 is 6.18 Å². The fourth-order valence-corrected chi connectivity index (χ4v) is 4.62. The number of nitrogens with zero attached hydrogens (tertiary/aromatic N) is 1. The number of carbonyl (C=O) groups is 1. The third-order valence-electron chi connectivity index (χ3n) is 3.46. The van der Waals surface area contributed by atoms with Crippen LogP contribution in [0.1, 0.15) is 26.2 Å². The van der Waals surface area contributed by atoms with Gasteiger partial charge in [-0.3, -0.25) is 4.79 Å². The number of amides is 1. The Morgan fingerprint density at radius 3 is 2.43 bits per heavy atom. The molecule has 122 valence electrons. The van der Waals surface area contributed by atoms with Crippen molar-refractivity contribution in [3.05, 3.63) is 56.7 Å². The maximum atomic E-state index is 12.6. The van der Waals surface area contributed by atoms with Gasteiger partial charge in [0.25, 0.3) is 5.91 Å². The fraction of sp³-hybridized carbons (Fsp3) is 0.267. The highest BCUT2D eigenvalue weighted by molar-refractivity contribution is 7.99. The van der Waals surface area contributed by atoms with Crippen LogP contribution in [0.2, 0.25) is 4.34 Å². The van der Waals surface area contributed by atoms with E-state index in [1.807, 2.05) is 0 Å². The Hall–Kier alpha value is -1.18. The molecule has 0 N–H and O–H groups in total. The summed E-state index contributed by atoms with van der Waals surface area (Å²) in [4.78, 5) is 14.8. The smallest absolute Gasteiger partial charge is 0.321 e. The second kappa shape index (κ2) is 6.37. The number of halogens is 4. The molecule has 23 heavy (non-hydrogen) atoms. The third-order valence-corrected chi connectivity index (χ3v) is 5.94. The summed E-state index contributed by atoms with van der Waals surface area (Å²) in [7, 11) is 0. The van der Waals surface area contributed by atoms with Gasteiger partial charge in [-0.2, -0.15) is 13.2 Å². The SMILES string of the molecule is O=C(c1ccc(Cl)s1)N1CCS[C@H]1c1ccc(C(F)(F)F)cc1. The topological polar surface area (TPSA) is 20.3 Å². The number of thiophene rings is 1. The van der Waals surface area contributed by atoms with Gasteiger partial charge in [0.2, 0.25) is 0 Å². The molecule has 0 saturated carbocycles. The molecule has 0 bridgehead atoms. The summed E-state index contributed by atoms with van der Waals surface area (Å²) in [5.74, 6) is 0.605. The van der Waals surface area contributed by atoms with Crippen molar-refractivity contribution in [2.75, 3.05) is 12.3 Å². The van der Waals surface area contributed by atoms with Gasteiger partial charge in [-0.05, 0) is 29.8 Å². The van der Waals surface area contributed by atoms with E-state index in [0.717, 1.165) is 17.9 Å². The van der Waals surface area contributed by atoms with Gasteiger partial charge in [0.1, 0.15) is 5.37 Å². The molecule has 0 unspecified atom stereocenters. The summed E-state index contributed by atoms with van der Waals surface area (Å²) >= 11 is 8.60. The molecule has 1 saturated heterocycles. The lowest BCUT2D eigenvalue weighted by molar-refractivity contribution is -0.137. The first-order chi connectivity index (χ1) is 10.9. The molecule has 2 aromatic rings. The Labute approximate surface area is 144 Å². The minimum absolute atomic E-state index is 0.142. The highest BCUT2D eigenvalue weighted by Gasteiger charge is 2.34. The van der Waals surface area contributed by atoms with E-state index in [9.17, 15) is 18.0 Å². The van der Waals surface area contributed by atoms with Crippen LogP contribution in [0.15, 0.2) is 36.4 Å². The molecule has 1 aromatic carbocycles. The molecule has 0 spiro atoms. The van der Waals surface area contributed by atoms with Crippen molar-refractivity contribution in [2.24, 2.45) is 0 Å². The van der Waals surface area contributed by atoms with Crippen molar-refractivity contribution in [3.63, 3.8) is 0 Å². The van der Waals surface area contributed by atoms with Gasteiger partial charge in [-0.1, -0.05) is 23.7 Å². The minimum atomic E-state index is -4.36. The number of thioether (sulfide) groups is 1. The molecule has 0 aliphatic carbocycles. The zero-order valence-electron chi connectivity index (χ0n) is 11.6. The monoisotopic (exact) mass is 377 g/mol. The number of hydrogen-bond acceptors (Lipinski definition) is 3. The molecule has 2 heterocycles. The van der Waals surface area contributed by atoms with Crippen molar-refractivity contribution in [3.8, 4) is 0 Å². The molecular weight excluding hydrogens is 367 g/mol. The van der Waals surface area contributed by atoms with Gasteiger partial charge in [0.15, 0.2) is 0 Å². The number of alkyl halides is 3. The summed E-state index contributed by atoms with van der Waals surface area (Å²) in [6.45, 7) is 0.560. The average Bonchev–Trinajstić information content (AvgIpc) is 3.14. The molecule has 1 atom stereocenters. The molecule has 3 rings (SSSR count). The largest absolute Gasteiger partial charge is 0.416 e. The van der Waals surface area contributed by atoms with Crippen LogP contribution in [-0.4, -0.2) is 23.1 Å². The Kier molecular flexibility index (Phi) is 4.62. The lowest BCUT2D eigenvalue weighted by Crippen LogP contribution is -2.29. The van der Waals surface area contributed by atoms with Crippen molar-refractivity contribution in [1.29, 1.82) is 0 Å². The molecule has 1 aliphatic heterocycles. The molecule has 8 heteroatoms. The van der Waals surface area contributed by atoms with Crippen LogP contribution in [0.25, 0.3) is 0 Å². The lowest BCUT2D eigenvalue weighted by atomic mass is 10.1. The van der Waals surface area contributed by atoms with Crippen molar-refractivity contribution < 1.29 is 18.0 Å². The van der Waals surface area contributed by atoms with Gasteiger partial charge in [-0.25, -0.2) is 0 Å². The number of carbonyl (C=O) groups excluding carboxylic acids is 1. The van der Waals surface area contributed by atoms with Crippen LogP contribution >= 0.6 is 34.7 Å². The van der Waals surface area contributed by atoms with E-state index in [0.29, 0.717) is 21.3 Å². The summed E-state index contributed by atoms with van der Waals surface area (Å²) in [6.07, 6.45) is -4.36. The van der Waals surface area contributed by atoms with E-state index in [4.69, 9.17) is 11.6 Å². The molecule has 2 nitrogen and oxygen atoms in total. The minimum Gasteiger partial charge on any atom is -0.321 e. The Balaban J connectivity index is 1.83. The Bertz CT molecular complexity index is 714. The molecule has 1 aliphatic rings. The molecule has 1 fully saturated rings. The maximum absolute atomic E-state index is 12.6. The zero-order valence-corrected chi connectivity index (χ0v) is 14.0. The van der Waals surface area contributed by atoms with Crippen LogP contribution in [0.5, 0.6) is 0 Å². The van der Waals surface area contributed by atoms with Crippen LogP contribution in [0.4, 0.5) is 13.2 Å². The summed E-state index contributed by atoms with van der Waals surface area (Å²) < 4.78 is 38.5. The molecular formula is C15H11ClF3NOS2. The van der Waals surface area contributed by atoms with E-state index in [2.05, 4.69) is 0 Å². The first-order valence-corrected chi connectivity index (χ1v) is 8.95. The second-order valence-corrected chi connectivity index (χ2v) is 7.85. The van der Waals surface area contributed by atoms with E-state index >= 15 is 0 Å². The van der Waals surface area contributed by atoms with E-state index in [-0.39, 0.29) is 11.3 Å². The summed E-state index contributed by atoms with van der Waals surface area (Å²) in [6, 6.07) is 8.32. The van der Waals surface area contributed by atoms with Crippen molar-refractivity contribution >= 4 is 40.6 Å². The van der Waals surface area contributed by atoms with Crippen LogP contribution in [0.3, 0.4) is 0 Å². The first-order valence-electron chi connectivity index (χ1n) is 6.71. The molecule has 1 aromatic heterocycles. The highest BCUT2D eigenvalue weighted by atomic mass is 35.5. The lowest BCUT2D eigenvalue weighted by Gasteiger charge is -2.24. The molecule has 0 radical (unpaired) electrons. The summed E-state index contributed by atoms with van der Waals surface area (Å²) in [5, 5.41) is -0.273. The van der Waals surface area contributed by atoms with Gasteiger partial charge in [-0.15, -0.1) is 23.1 Å². The van der Waals surface area contributed by atoms with E-state index in [1.54, 1.807) is 28.8 Å². The normalized spacial score (nSPS) is 18.4. The van der Waals surface area contributed by atoms with Crippen LogP contribution in [-0.2, 0) is 6.18 Å². The fourth-order valence-electron chi connectivity index (χ4n) is 2.36. The maximum Gasteiger partial charge on any atom is 0.416 e. The third kappa shape index (κ3) is 3.51. The quantitative estimate of drug-likeness (QED) is 0.707. The average molecular weight is 378 g/mol. The number of benzene rings is 1. The van der Waals surface area contributed by atoms with Crippen LogP contribution in [0, 0.1) is 0 Å². The van der Waals surface area contributed by atoms with Crippen molar-refractivity contribution in [1.82, 2.24) is 4.90 Å². The predicted molar refractivity (Wildman–Crippen MR) is 87.0 cm³/mol. The number of hydrogen-bond donors (Lipinski definition) is 0. The van der Waals surface area contributed by atoms with Crippen molar-refractivity contribution in [2.45, 2.75) is 11.6 Å². The number of rotatable bonds is 2. The molecule has 1 amide bonds.